The largest absolute Gasteiger partial charge is 1.00 e. The summed E-state index contributed by atoms with van der Waals surface area (Å²) in [6.07, 6.45) is -3.11. The number of urea groups is 1. The normalized spacial score (nSPS) is 15.9. The van der Waals surface area contributed by atoms with E-state index in [1.807, 2.05) is 0 Å². The lowest BCUT2D eigenvalue weighted by Crippen LogP contribution is -3.00. The number of aromatic hydroxyl groups is 1. The molecule has 0 aliphatic carbocycles. The second-order valence-electron chi connectivity index (χ2n) is 35.0. The number of phenolic OH excluding ortho intramolecular Hbond substituents is 1. The molecule has 0 unspecified atom stereocenters. The Hall–Kier alpha value is -14.5. The van der Waals surface area contributed by atoms with Crippen molar-refractivity contribution < 1.29 is 182 Å². The van der Waals surface area contributed by atoms with Crippen LogP contribution in [0.3, 0.4) is 0 Å². The summed E-state index contributed by atoms with van der Waals surface area (Å²) < 4.78 is 129. The number of para-hydroxylation sites is 2. The van der Waals surface area contributed by atoms with Gasteiger partial charge in [0.2, 0.25) is 52.9 Å². The summed E-state index contributed by atoms with van der Waals surface area (Å²) in [6.45, 7) is 17.3. The highest BCUT2D eigenvalue weighted by atomic mass is 79.9. The SMILES string of the molecule is CC[C@@H](C)[C@H](NC(=O)[C@H](Cc1ccc(O)cc1)NC(=O)[C@@H](NC(=O)[C@@H](CCCN/C(N)=N/C(=O)NCCCCNC(=O)CCCCCN1\C(=C/C=C/C=C/C2=[N+](C)c3ccccc3C2(C)C)C(C)(C)c2ccccc21)NC(=O)[C@@H](N)CC(=O)O)C(C)C)C(=O)N[C@H](Cc1cnc[nH]1)C(=O)N1CCC[C@@H]1C(=O)N[C@@H](Cc1ccccc1)C(=O)O.O=C(O)C(F)(F)F.O=C(O)C(F)(F)F.O=C(O)C(F)(F)F.O=C(O)C(F)(F)F.[Br-]. The molecular formula is C95H122BrF12N17O22. The van der Waals surface area contributed by atoms with Gasteiger partial charge in [0.05, 0.1) is 24.2 Å². The number of amides is 10. The number of aromatic amines is 1. The van der Waals surface area contributed by atoms with Gasteiger partial charge >= 0.3 is 66.6 Å². The highest BCUT2D eigenvalue weighted by Crippen LogP contribution is 2.48. The number of alkyl halides is 12. The topological polar surface area (TPSA) is 609 Å². The molecule has 9 atom stereocenters. The van der Waals surface area contributed by atoms with Crippen LogP contribution in [0.5, 0.6) is 5.75 Å². The van der Waals surface area contributed by atoms with Gasteiger partial charge in [-0.2, -0.15) is 62.3 Å². The molecule has 1 saturated heterocycles. The number of aliphatic imine (C=N–C) groups is 1. The first-order valence-electron chi connectivity index (χ1n) is 45.6. The summed E-state index contributed by atoms with van der Waals surface area (Å²) in [5.74, 6) is -21.2. The number of aliphatic carboxylic acids is 6. The fourth-order valence-electron chi connectivity index (χ4n) is 15.1. The molecule has 4 aromatic carbocycles. The number of carbonyl (C=O) groups is 15. The number of rotatable bonds is 43. The minimum Gasteiger partial charge on any atom is -1.00 e. The molecule has 1 aromatic heterocycles. The number of guanidine groups is 1. The third-order valence-electron chi connectivity index (χ3n) is 22.9. The van der Waals surface area contributed by atoms with Crippen LogP contribution in [0, 0.1) is 11.8 Å². The Balaban J connectivity index is 0.00000167. The lowest BCUT2D eigenvalue weighted by molar-refractivity contribution is -0.401. The number of carboxylic acids is 6. The third-order valence-corrected chi connectivity index (χ3v) is 22.9. The van der Waals surface area contributed by atoms with Crippen molar-refractivity contribution in [1.82, 2.24) is 62.7 Å². The maximum atomic E-state index is 14.9. The minimum absolute atomic E-state index is 0. The van der Waals surface area contributed by atoms with Gasteiger partial charge in [-0.25, -0.2) is 33.8 Å². The molecule has 10 amide bonds. The standard InChI is InChI=1S/C87H117N17O14.4C2HF3O2.BrH/c1-10-55(4)75(81(114)97-65(50-58-52-90-53-94-58)82(115)104-47-27-35-69(104)79(112)98-66(83(116)117)49-56-28-14-11-15-29-56)100-78(111)64(48-57-39-41-59(105)42-40-57)96-80(113)74(54(2)3)99-77(110)63(95-76(109)62(88)51-73(107)108)32-26-45-92-84(89)101-85(118)93-44-24-23-43-91-72(106)38-18-13-25-46-103-68-34-22-20-31-61(68)87(7,8)71(103)37-17-12-16-36-70-86(5,6)60-30-19-21-33-67(60)102(70)9;4*3-2(4,5)1(6)7;/h11-12,14-17,19-22,28-31,33-34,36-37,39-42,52-55,62-66,69,74-75H,10,13,18,23-27,32,35,38,43-51,88H2,1-9H3,(H14-,89,90,91,92,93,94,95,96,97,98,99,100,101,105,106,107,108,109,110,111,112,113,114,116,117,118);4*(H,6,7);1H/t55-,62+,63-,64+,65-,66+,69-,74+,75+;;;;;/m1...../s1. The molecule has 8 rings (SSSR count). The van der Waals surface area contributed by atoms with Crippen molar-refractivity contribution in [1.29, 1.82) is 0 Å². The maximum Gasteiger partial charge on any atom is 0.490 e. The third kappa shape index (κ3) is 42.2. The number of aromatic nitrogens is 2. The molecule has 0 spiro atoms. The molecule has 147 heavy (non-hydrogen) atoms. The number of H-pyrrole nitrogens is 1. The predicted molar refractivity (Wildman–Crippen MR) is 504 cm³/mol. The summed E-state index contributed by atoms with van der Waals surface area (Å²) in [5, 5.41) is 82.8. The predicted octanol–water partition coefficient (Wildman–Crippen LogP) is 5.52. The molecule has 4 heterocycles. The van der Waals surface area contributed by atoms with Crippen LogP contribution in [-0.4, -0.2) is 269 Å². The summed E-state index contributed by atoms with van der Waals surface area (Å²) in [5.41, 5.74) is 20.7. The van der Waals surface area contributed by atoms with E-state index in [4.69, 9.17) is 51.1 Å². The van der Waals surface area contributed by atoms with E-state index in [0.29, 0.717) is 55.5 Å². The number of phenols is 1. The fourth-order valence-corrected chi connectivity index (χ4v) is 15.1. The second-order valence-corrected chi connectivity index (χ2v) is 35.0. The van der Waals surface area contributed by atoms with Gasteiger partial charge < -0.3 is 127 Å². The molecule has 39 nitrogen and oxygen atoms in total. The number of fused-ring (bicyclic) bond motifs is 2. The number of nitrogens with zero attached hydrogens (tertiary/aromatic N) is 5. The van der Waals surface area contributed by atoms with E-state index >= 15 is 0 Å². The summed E-state index contributed by atoms with van der Waals surface area (Å²) >= 11 is 0. The van der Waals surface area contributed by atoms with Crippen LogP contribution in [0.25, 0.3) is 0 Å². The lowest BCUT2D eigenvalue weighted by atomic mass is 9.81. The molecule has 21 N–H and O–H groups in total. The number of benzene rings is 4. The number of carboxylic acid groups (broad SMARTS) is 6. The van der Waals surface area contributed by atoms with Gasteiger partial charge in [-0.1, -0.05) is 151 Å². The molecule has 3 aliphatic heterocycles. The average molecular weight is 2160 g/mol. The molecule has 810 valence electrons. The van der Waals surface area contributed by atoms with Crippen molar-refractivity contribution in [2.75, 3.05) is 44.7 Å². The van der Waals surface area contributed by atoms with Crippen LogP contribution in [0.1, 0.15) is 160 Å². The number of likely N-dealkylation sites (tertiary alicyclic amines) is 1. The van der Waals surface area contributed by atoms with E-state index in [0.717, 1.165) is 25.8 Å². The number of unbranched alkanes of at least 4 members (excludes halogenated alkanes) is 3. The van der Waals surface area contributed by atoms with Crippen LogP contribution < -0.4 is 81.2 Å². The monoisotopic (exact) mass is 2160 g/mol. The number of imidazole rings is 1. The van der Waals surface area contributed by atoms with Gasteiger partial charge in [0.15, 0.2) is 11.7 Å². The first-order chi connectivity index (χ1) is 68.1. The zero-order valence-electron chi connectivity index (χ0n) is 81.3. The van der Waals surface area contributed by atoms with Crippen molar-refractivity contribution in [2.45, 2.75) is 236 Å². The zero-order chi connectivity index (χ0) is 110. The Morgan fingerprint density at radius 1 is 0.565 bits per heavy atom. The highest BCUT2D eigenvalue weighted by molar-refractivity contribution is 6.03. The number of halogens is 13. The number of hydrogen-bond acceptors (Lipinski definition) is 19. The number of nitrogens with one attached hydrogen (secondary N) is 10. The average Bonchev–Trinajstić information content (AvgIpc) is 1.60. The number of nitrogens with two attached hydrogens (primary N) is 2. The van der Waals surface area contributed by atoms with Crippen molar-refractivity contribution in [3.63, 3.8) is 0 Å². The fraction of sp³-hybridized carbons (Fsp3) is 0.474. The zero-order valence-corrected chi connectivity index (χ0v) is 82.9. The van der Waals surface area contributed by atoms with Crippen LogP contribution in [-0.2, 0) is 97.2 Å². The number of anilines is 1. The van der Waals surface area contributed by atoms with E-state index in [1.165, 1.54) is 75.6 Å². The number of hydrogen-bond donors (Lipinski definition) is 19. The molecule has 3 aliphatic rings. The number of allylic oxidation sites excluding steroid dienone is 6. The van der Waals surface area contributed by atoms with Crippen molar-refractivity contribution in [2.24, 2.45) is 28.3 Å². The molecule has 0 saturated carbocycles. The summed E-state index contributed by atoms with van der Waals surface area (Å²) in [6, 6.07) is 19.8. The summed E-state index contributed by atoms with van der Waals surface area (Å²) in [7, 11) is 2.12. The Bertz CT molecular complexity index is 5360. The van der Waals surface area contributed by atoms with Gasteiger partial charge in [0.1, 0.15) is 55.1 Å². The smallest absolute Gasteiger partial charge is 0.490 e. The maximum absolute atomic E-state index is 14.9. The van der Waals surface area contributed by atoms with Crippen molar-refractivity contribution in [3.05, 3.63) is 180 Å². The minimum atomic E-state index is -5.08. The molecule has 5 aromatic rings. The quantitative estimate of drug-likeness (QED) is 0.00570. The summed E-state index contributed by atoms with van der Waals surface area (Å²) in [4.78, 5) is 201. The molecule has 0 radical (unpaired) electrons. The van der Waals surface area contributed by atoms with E-state index in [2.05, 4.69) is 186 Å². The second kappa shape index (κ2) is 59.2. The lowest BCUT2D eigenvalue weighted by Gasteiger charge is -2.32. The highest BCUT2D eigenvalue weighted by Gasteiger charge is 2.47. The van der Waals surface area contributed by atoms with E-state index in [-0.39, 0.29) is 104 Å². The first-order valence-corrected chi connectivity index (χ1v) is 45.6. The van der Waals surface area contributed by atoms with Crippen molar-refractivity contribution >= 4 is 112 Å². The van der Waals surface area contributed by atoms with Gasteiger partial charge in [0.25, 0.3) is 0 Å². The molecule has 1 fully saturated rings. The Labute approximate surface area is 846 Å². The van der Waals surface area contributed by atoms with Crippen LogP contribution in [0.4, 0.5) is 68.9 Å². The van der Waals surface area contributed by atoms with Gasteiger partial charge in [-0.3, -0.25) is 43.2 Å². The molecular weight excluding hydrogens is 2040 g/mol. The Kier molecular flexibility index (Phi) is 51.0. The molecule has 52 heteroatoms. The van der Waals surface area contributed by atoms with E-state index in [9.17, 15) is 121 Å². The Morgan fingerprint density at radius 2 is 1.07 bits per heavy atom. The van der Waals surface area contributed by atoms with Gasteiger partial charge in [0, 0.05) is 105 Å². The van der Waals surface area contributed by atoms with Gasteiger partial charge in [-0.15, -0.1) is 0 Å². The van der Waals surface area contributed by atoms with Gasteiger partial charge in [-0.05, 0) is 118 Å². The van der Waals surface area contributed by atoms with E-state index < -0.39 is 174 Å². The van der Waals surface area contributed by atoms with Crippen molar-refractivity contribution in [3.8, 4) is 5.75 Å². The van der Waals surface area contributed by atoms with Crippen LogP contribution in [0.15, 0.2) is 157 Å². The van der Waals surface area contributed by atoms with E-state index in [1.54, 1.807) is 58.0 Å². The first kappa shape index (κ1) is 127. The number of carbonyl (C=O) groups excluding carboxylic acids is 9. The van der Waals surface area contributed by atoms with Crippen LogP contribution in [0.2, 0.25) is 0 Å². The molecule has 0 bridgehead atoms. The Morgan fingerprint density at radius 3 is 1.62 bits per heavy atom. The van der Waals surface area contributed by atoms with Crippen LogP contribution >= 0.6 is 0 Å².